The molecule has 2 aromatic rings. The van der Waals surface area contributed by atoms with E-state index in [4.69, 9.17) is 4.42 Å². The Balaban J connectivity index is 1.29. The van der Waals surface area contributed by atoms with Crippen molar-refractivity contribution in [2.24, 2.45) is 5.10 Å². The number of likely N-dealkylation sites (tertiary alicyclic amines) is 1. The van der Waals surface area contributed by atoms with E-state index in [0.29, 0.717) is 24.4 Å². The maximum Gasteiger partial charge on any atom is 0.289 e. The molecule has 0 spiro atoms. The highest BCUT2D eigenvalue weighted by Crippen LogP contribution is 2.20. The molecule has 1 fully saturated rings. The van der Waals surface area contributed by atoms with Gasteiger partial charge in [-0.15, -0.1) is 0 Å². The molecule has 1 N–H and O–H groups in total. The van der Waals surface area contributed by atoms with Gasteiger partial charge >= 0.3 is 0 Å². The lowest BCUT2D eigenvalue weighted by Crippen LogP contribution is -2.46. The third-order valence-electron chi connectivity index (χ3n) is 5.25. The second-order valence-corrected chi connectivity index (χ2v) is 7.27. The van der Waals surface area contributed by atoms with Crippen molar-refractivity contribution in [1.82, 2.24) is 10.2 Å². The number of rotatable bonds is 4. The number of nitrogens with zero attached hydrogens (tertiary/aromatic N) is 3. The Morgan fingerprint density at radius 3 is 2.46 bits per heavy atom. The molecule has 0 aliphatic carbocycles. The number of hydrogen-bond acceptors (Lipinski definition) is 5. The average Bonchev–Trinajstić information content (AvgIpc) is 3.40. The van der Waals surface area contributed by atoms with Gasteiger partial charge in [0.05, 0.1) is 12.0 Å². The van der Waals surface area contributed by atoms with E-state index in [1.165, 1.54) is 6.26 Å². The van der Waals surface area contributed by atoms with Crippen LogP contribution in [0.5, 0.6) is 0 Å². The molecule has 1 aromatic carbocycles. The van der Waals surface area contributed by atoms with Crippen molar-refractivity contribution in [3.05, 3.63) is 54.0 Å². The van der Waals surface area contributed by atoms with Gasteiger partial charge in [0.25, 0.3) is 11.8 Å². The van der Waals surface area contributed by atoms with Crippen molar-refractivity contribution < 1.29 is 14.0 Å². The highest BCUT2D eigenvalue weighted by molar-refractivity contribution is 5.95. The van der Waals surface area contributed by atoms with Crippen molar-refractivity contribution >= 4 is 23.2 Å². The summed E-state index contributed by atoms with van der Waals surface area (Å²) >= 11 is 0. The van der Waals surface area contributed by atoms with Gasteiger partial charge in [-0.25, -0.2) is 0 Å². The molecule has 7 nitrogen and oxygen atoms in total. The lowest BCUT2D eigenvalue weighted by molar-refractivity contribution is 0.0667. The van der Waals surface area contributed by atoms with Gasteiger partial charge in [-0.1, -0.05) is 0 Å². The number of nitrogens with one attached hydrogen (secondary N) is 1. The van der Waals surface area contributed by atoms with Crippen molar-refractivity contribution in [3.63, 3.8) is 0 Å². The molecule has 4 rings (SSSR count). The lowest BCUT2D eigenvalue weighted by Gasteiger charge is -2.31. The highest BCUT2D eigenvalue weighted by Gasteiger charge is 2.26. The van der Waals surface area contributed by atoms with Crippen LogP contribution in [-0.2, 0) is 0 Å². The molecular weight excluding hydrogens is 356 g/mol. The van der Waals surface area contributed by atoms with E-state index in [-0.39, 0.29) is 17.9 Å². The van der Waals surface area contributed by atoms with Crippen LogP contribution in [-0.4, -0.2) is 48.1 Å². The Bertz CT molecular complexity index is 866. The Labute approximate surface area is 164 Å². The Morgan fingerprint density at radius 2 is 1.86 bits per heavy atom. The minimum Gasteiger partial charge on any atom is -0.459 e. The van der Waals surface area contributed by atoms with Gasteiger partial charge in [0, 0.05) is 43.4 Å². The standard InChI is InChI=1S/C21H24N4O3/c1-15-8-13-25(23-15)18-6-4-16(5-7-18)20(26)22-17-9-11-24(12-10-17)21(27)19-3-2-14-28-19/h2-7,14,17H,8-13H2,1H3,(H,22,26). The average molecular weight is 380 g/mol. The van der Waals surface area contributed by atoms with Crippen LogP contribution in [0.1, 0.15) is 47.1 Å². The molecule has 7 heteroatoms. The third-order valence-corrected chi connectivity index (χ3v) is 5.25. The van der Waals surface area contributed by atoms with Crippen molar-refractivity contribution in [1.29, 1.82) is 0 Å². The Hall–Kier alpha value is -3.09. The van der Waals surface area contributed by atoms with E-state index in [9.17, 15) is 9.59 Å². The van der Waals surface area contributed by atoms with Crippen LogP contribution in [0, 0.1) is 0 Å². The normalized spacial score (nSPS) is 17.5. The third kappa shape index (κ3) is 3.93. The topological polar surface area (TPSA) is 78.2 Å². The van der Waals surface area contributed by atoms with Gasteiger partial charge in [-0.05, 0) is 56.2 Å². The van der Waals surface area contributed by atoms with Crippen LogP contribution in [0.4, 0.5) is 5.69 Å². The van der Waals surface area contributed by atoms with E-state index >= 15 is 0 Å². The monoisotopic (exact) mass is 380 g/mol. The summed E-state index contributed by atoms with van der Waals surface area (Å²) in [7, 11) is 0. The first-order valence-corrected chi connectivity index (χ1v) is 9.65. The molecule has 1 saturated heterocycles. The quantitative estimate of drug-likeness (QED) is 0.885. The number of hydrogen-bond donors (Lipinski definition) is 1. The van der Waals surface area contributed by atoms with Crippen LogP contribution in [0.25, 0.3) is 0 Å². The van der Waals surface area contributed by atoms with E-state index in [1.807, 2.05) is 36.2 Å². The first-order valence-electron chi connectivity index (χ1n) is 9.65. The Morgan fingerprint density at radius 1 is 1.11 bits per heavy atom. The first-order chi connectivity index (χ1) is 13.6. The lowest BCUT2D eigenvalue weighted by atomic mass is 10.0. The van der Waals surface area contributed by atoms with Gasteiger partial charge in [0.15, 0.2) is 5.76 Å². The molecule has 2 amide bonds. The highest BCUT2D eigenvalue weighted by atomic mass is 16.3. The number of carbonyl (C=O) groups is 2. The predicted molar refractivity (Wildman–Crippen MR) is 107 cm³/mol. The van der Waals surface area contributed by atoms with Gasteiger partial charge in [-0.3, -0.25) is 14.6 Å². The minimum atomic E-state index is -0.0924. The van der Waals surface area contributed by atoms with Gasteiger partial charge in [0.2, 0.25) is 0 Å². The van der Waals surface area contributed by atoms with E-state index < -0.39 is 0 Å². The zero-order valence-corrected chi connectivity index (χ0v) is 15.9. The van der Waals surface area contributed by atoms with Crippen LogP contribution in [0.2, 0.25) is 0 Å². The molecule has 1 aromatic heterocycles. The van der Waals surface area contributed by atoms with Gasteiger partial charge < -0.3 is 14.6 Å². The summed E-state index contributed by atoms with van der Waals surface area (Å²) in [6, 6.07) is 11.0. The second-order valence-electron chi connectivity index (χ2n) is 7.27. The summed E-state index contributed by atoms with van der Waals surface area (Å²) in [5.41, 5.74) is 2.76. The van der Waals surface area contributed by atoms with Crippen molar-refractivity contribution in [2.45, 2.75) is 32.2 Å². The molecule has 0 unspecified atom stereocenters. The minimum absolute atomic E-state index is 0.0682. The zero-order chi connectivity index (χ0) is 19.5. The largest absolute Gasteiger partial charge is 0.459 e. The SMILES string of the molecule is CC1=NN(c2ccc(C(=O)NC3CCN(C(=O)c4ccco4)CC3)cc2)CC1. The molecule has 0 atom stereocenters. The van der Waals surface area contributed by atoms with E-state index in [1.54, 1.807) is 17.0 Å². The summed E-state index contributed by atoms with van der Waals surface area (Å²) in [4.78, 5) is 26.6. The number of anilines is 1. The maximum atomic E-state index is 12.6. The number of carbonyl (C=O) groups excluding carboxylic acids is 2. The van der Waals surface area contributed by atoms with Gasteiger partial charge in [0.1, 0.15) is 0 Å². The van der Waals surface area contributed by atoms with Crippen molar-refractivity contribution in [3.8, 4) is 0 Å². The van der Waals surface area contributed by atoms with Crippen molar-refractivity contribution in [2.75, 3.05) is 24.6 Å². The first kappa shape index (κ1) is 18.3. The molecule has 0 bridgehead atoms. The second kappa shape index (κ2) is 7.88. The fourth-order valence-corrected chi connectivity index (χ4v) is 3.60. The number of piperidine rings is 1. The Kier molecular flexibility index (Phi) is 5.14. The van der Waals surface area contributed by atoms with Crippen LogP contribution < -0.4 is 10.3 Å². The number of furan rings is 1. The molecule has 146 valence electrons. The summed E-state index contributed by atoms with van der Waals surface area (Å²) in [5, 5.41) is 9.52. The fourth-order valence-electron chi connectivity index (χ4n) is 3.60. The molecule has 2 aliphatic rings. The van der Waals surface area contributed by atoms with E-state index in [2.05, 4.69) is 10.4 Å². The summed E-state index contributed by atoms with van der Waals surface area (Å²) in [6.45, 7) is 4.12. The van der Waals surface area contributed by atoms with Gasteiger partial charge in [-0.2, -0.15) is 5.10 Å². The molecule has 0 radical (unpaired) electrons. The summed E-state index contributed by atoms with van der Waals surface area (Å²) < 4.78 is 5.18. The number of amides is 2. The molecule has 28 heavy (non-hydrogen) atoms. The number of benzene rings is 1. The number of hydrazone groups is 1. The summed E-state index contributed by atoms with van der Waals surface area (Å²) in [5.74, 6) is 0.189. The zero-order valence-electron chi connectivity index (χ0n) is 15.9. The molecule has 2 aliphatic heterocycles. The summed E-state index contributed by atoms with van der Waals surface area (Å²) in [6.07, 6.45) is 3.95. The molecule has 3 heterocycles. The molecular formula is C21H24N4O3. The maximum absolute atomic E-state index is 12.6. The fraction of sp³-hybridized carbons (Fsp3) is 0.381. The predicted octanol–water partition coefficient (Wildman–Crippen LogP) is 2.90. The van der Waals surface area contributed by atoms with Crippen LogP contribution >= 0.6 is 0 Å². The molecule has 0 saturated carbocycles. The van der Waals surface area contributed by atoms with E-state index in [0.717, 1.165) is 37.2 Å². The van der Waals surface area contributed by atoms with Crippen LogP contribution in [0.15, 0.2) is 52.2 Å². The van der Waals surface area contributed by atoms with Crippen LogP contribution in [0.3, 0.4) is 0 Å². The smallest absolute Gasteiger partial charge is 0.289 e.